The second kappa shape index (κ2) is 5.61. The predicted octanol–water partition coefficient (Wildman–Crippen LogP) is 0.663. The summed E-state index contributed by atoms with van der Waals surface area (Å²) in [5.74, 6) is 10.2. The predicted molar refractivity (Wildman–Crippen MR) is 78.8 cm³/mol. The van der Waals surface area contributed by atoms with Crippen LogP contribution in [0.3, 0.4) is 0 Å². The molecule has 1 aromatic carbocycles. The fourth-order valence-corrected chi connectivity index (χ4v) is 2.26. The molecule has 8 heteroatoms. The molecule has 2 rings (SSSR count). The van der Waals surface area contributed by atoms with E-state index in [2.05, 4.69) is 10.3 Å². The third kappa shape index (κ3) is 2.42. The van der Waals surface area contributed by atoms with Gasteiger partial charge in [0, 0.05) is 11.9 Å². The highest BCUT2D eigenvalue weighted by Crippen LogP contribution is 2.26. The van der Waals surface area contributed by atoms with Gasteiger partial charge < -0.3 is 9.67 Å². The highest BCUT2D eigenvalue weighted by Gasteiger charge is 2.18. The Morgan fingerprint density at radius 3 is 2.71 bits per heavy atom. The molecule has 21 heavy (non-hydrogen) atoms. The van der Waals surface area contributed by atoms with E-state index in [0.29, 0.717) is 22.4 Å². The lowest BCUT2D eigenvalue weighted by molar-refractivity contribution is -0.612. The summed E-state index contributed by atoms with van der Waals surface area (Å²) >= 11 is 0. The van der Waals surface area contributed by atoms with Crippen LogP contribution in [0.25, 0.3) is 10.9 Å². The summed E-state index contributed by atoms with van der Waals surface area (Å²) in [7, 11) is 0. The molecular formula is C13H17N6O2+. The van der Waals surface area contributed by atoms with E-state index >= 15 is 0 Å². The average molecular weight is 289 g/mol. The first kappa shape index (κ1) is 14.5. The van der Waals surface area contributed by atoms with E-state index in [1.54, 1.807) is 29.7 Å². The number of hydrazone groups is 1. The van der Waals surface area contributed by atoms with Crippen LogP contribution in [0.4, 0.5) is 0 Å². The summed E-state index contributed by atoms with van der Waals surface area (Å²) in [6.45, 7) is 3.87. The molecule has 0 aliphatic carbocycles. The molecule has 0 bridgehead atoms. The van der Waals surface area contributed by atoms with Crippen molar-refractivity contribution in [2.75, 3.05) is 0 Å². The molecule has 2 aromatic rings. The molecule has 0 aliphatic rings. The average Bonchev–Trinajstić information content (AvgIpc) is 2.47. The molecule has 0 saturated carbocycles. The molecule has 0 atom stereocenters. The Bertz CT molecular complexity index is 806. The summed E-state index contributed by atoms with van der Waals surface area (Å²) in [4.78, 5) is 13.2. The number of fused-ring (bicyclic) bond motifs is 1. The Balaban J connectivity index is 2.88. The Hall–Kier alpha value is -2.90. The van der Waals surface area contributed by atoms with Gasteiger partial charge in [-0.1, -0.05) is 12.1 Å². The van der Waals surface area contributed by atoms with E-state index in [9.17, 15) is 9.90 Å². The molecule has 1 aromatic heterocycles. The minimum absolute atomic E-state index is 0.0784. The van der Waals surface area contributed by atoms with Crippen molar-refractivity contribution >= 4 is 16.6 Å². The van der Waals surface area contributed by atoms with Gasteiger partial charge in [-0.05, 0) is 31.1 Å². The second-order valence-corrected chi connectivity index (χ2v) is 4.41. The van der Waals surface area contributed by atoms with E-state index in [0.717, 1.165) is 0 Å². The van der Waals surface area contributed by atoms with E-state index in [1.807, 2.05) is 13.0 Å². The zero-order valence-corrected chi connectivity index (χ0v) is 11.8. The number of aromatic hydroxyl groups is 1. The number of para-hydroxylation sites is 1. The van der Waals surface area contributed by atoms with Gasteiger partial charge >= 0.3 is 0 Å². The molecule has 0 aliphatic heterocycles. The third-order valence-corrected chi connectivity index (χ3v) is 3.19. The van der Waals surface area contributed by atoms with Gasteiger partial charge in [-0.2, -0.15) is 5.84 Å². The van der Waals surface area contributed by atoms with Crippen molar-refractivity contribution in [1.82, 2.24) is 4.57 Å². The van der Waals surface area contributed by atoms with Crippen molar-refractivity contribution < 1.29 is 10.0 Å². The van der Waals surface area contributed by atoms with Crippen LogP contribution in [0.2, 0.25) is 0 Å². The Kier molecular flexibility index (Phi) is 3.88. The van der Waals surface area contributed by atoms with Crippen LogP contribution in [0.15, 0.2) is 39.4 Å². The highest BCUT2D eigenvalue weighted by atomic mass is 16.3. The van der Waals surface area contributed by atoms with Gasteiger partial charge in [0.2, 0.25) is 0 Å². The third-order valence-electron chi connectivity index (χ3n) is 3.19. The summed E-state index contributed by atoms with van der Waals surface area (Å²) in [5.41, 5.74) is 0.615. The molecule has 0 fully saturated rings. The van der Waals surface area contributed by atoms with Crippen LogP contribution < -0.4 is 17.2 Å². The summed E-state index contributed by atoms with van der Waals surface area (Å²) in [5, 5.41) is 17.9. The number of pyridine rings is 1. The van der Waals surface area contributed by atoms with Gasteiger partial charge in [-0.25, -0.2) is 5.84 Å². The van der Waals surface area contributed by atoms with Gasteiger partial charge in [0.05, 0.1) is 10.4 Å². The largest absolute Gasteiger partial charge is 0.506 e. The lowest BCUT2D eigenvalue weighted by Gasteiger charge is -2.12. The molecular weight excluding hydrogens is 272 g/mol. The normalized spacial score (nSPS) is 12.9. The molecule has 0 spiro atoms. The first-order valence-corrected chi connectivity index (χ1v) is 6.37. The molecule has 0 saturated heterocycles. The topological polar surface area (TPSA) is 122 Å². The maximum atomic E-state index is 12.5. The summed E-state index contributed by atoms with van der Waals surface area (Å²) in [6.07, 6.45) is 0. The van der Waals surface area contributed by atoms with E-state index in [-0.39, 0.29) is 22.6 Å². The zero-order chi connectivity index (χ0) is 15.6. The molecule has 110 valence electrons. The van der Waals surface area contributed by atoms with E-state index < -0.39 is 0 Å². The Morgan fingerprint density at radius 1 is 1.43 bits per heavy atom. The number of nitrogens with two attached hydrogens (primary N) is 2. The van der Waals surface area contributed by atoms with E-state index in [1.165, 1.54) is 0 Å². The van der Waals surface area contributed by atoms with Gasteiger partial charge in [0.25, 0.3) is 5.56 Å². The lowest BCUT2D eigenvalue weighted by atomic mass is 10.1. The summed E-state index contributed by atoms with van der Waals surface area (Å²) in [6, 6.07) is 7.11. The molecule has 0 radical (unpaired) electrons. The minimum Gasteiger partial charge on any atom is -0.506 e. The molecule has 1 heterocycles. The van der Waals surface area contributed by atoms with Gasteiger partial charge in [-0.3, -0.25) is 4.79 Å². The van der Waals surface area contributed by atoms with Crippen molar-refractivity contribution in [1.29, 1.82) is 0 Å². The number of hydrazine groups is 1. The maximum Gasteiger partial charge on any atom is 0.264 e. The van der Waals surface area contributed by atoms with Gasteiger partial charge in [0.15, 0.2) is 0 Å². The Labute approximate surface area is 120 Å². The first-order valence-electron chi connectivity index (χ1n) is 6.37. The smallest absolute Gasteiger partial charge is 0.264 e. The molecule has 0 amide bonds. The van der Waals surface area contributed by atoms with Crippen LogP contribution in [0.5, 0.6) is 5.75 Å². The number of hydrogen-bond acceptors (Lipinski definition) is 3. The first-order chi connectivity index (χ1) is 10.0. The minimum atomic E-state index is -0.347. The molecule has 5 N–H and O–H groups in total. The standard InChI is InChI=1S/C13H16N6O2/c1-3-18-10-7-5-4-6-9(10)12(20)11(13(18)21)8(2)16-19(15)17-14/h4-7,14H,3,15H2,1-2H3,(H,16,20,21)/p+1. The lowest BCUT2D eigenvalue weighted by Crippen LogP contribution is -2.27. The quantitative estimate of drug-likeness (QED) is 0.252. The van der Waals surface area contributed by atoms with Crippen molar-refractivity contribution in [3.05, 3.63) is 40.2 Å². The van der Waals surface area contributed by atoms with Crippen LogP contribution >= 0.6 is 0 Å². The van der Waals surface area contributed by atoms with Crippen molar-refractivity contribution in [3.63, 3.8) is 0 Å². The number of benzene rings is 1. The van der Waals surface area contributed by atoms with Gasteiger partial charge in [0.1, 0.15) is 22.2 Å². The number of nitrogens with zero attached hydrogens (tertiary/aromatic N) is 4. The number of aryl methyl sites for hydroxylation is 1. The van der Waals surface area contributed by atoms with Crippen molar-refractivity contribution in [2.45, 2.75) is 20.4 Å². The summed E-state index contributed by atoms with van der Waals surface area (Å²) < 4.78 is 1.56. The van der Waals surface area contributed by atoms with E-state index in [4.69, 9.17) is 11.7 Å². The molecule has 0 unspecified atom stereocenters. The maximum absolute atomic E-state index is 12.5. The van der Waals surface area contributed by atoms with Gasteiger partial charge in [-0.15, -0.1) is 0 Å². The SMILES string of the molecule is CCn1c(=O)c(C(C)=N[N+](N)=NN)c(O)c2ccccc21. The number of rotatable bonds is 3. The highest BCUT2D eigenvalue weighted by molar-refractivity contribution is 6.04. The zero-order valence-electron chi connectivity index (χ0n) is 11.8. The molecule has 8 nitrogen and oxygen atoms in total. The van der Waals surface area contributed by atoms with Crippen LogP contribution in [-0.2, 0) is 6.54 Å². The fraction of sp³-hybridized carbons (Fsp3) is 0.231. The van der Waals surface area contributed by atoms with Crippen LogP contribution in [0, 0.1) is 0 Å². The second-order valence-electron chi connectivity index (χ2n) is 4.41. The van der Waals surface area contributed by atoms with Crippen molar-refractivity contribution in [2.24, 2.45) is 22.0 Å². The number of aromatic nitrogens is 1. The fourth-order valence-electron chi connectivity index (χ4n) is 2.26. The van der Waals surface area contributed by atoms with Crippen LogP contribution in [-0.4, -0.2) is 20.3 Å². The number of hydrogen-bond donors (Lipinski definition) is 3. The Morgan fingerprint density at radius 2 is 2.10 bits per heavy atom. The van der Waals surface area contributed by atoms with Crippen molar-refractivity contribution in [3.8, 4) is 5.75 Å². The van der Waals surface area contributed by atoms with Crippen LogP contribution in [0.1, 0.15) is 19.4 Å². The monoisotopic (exact) mass is 289 g/mol.